The fourth-order valence-corrected chi connectivity index (χ4v) is 1.18. The fourth-order valence-electron chi connectivity index (χ4n) is 1.18. The van der Waals surface area contributed by atoms with E-state index in [1.165, 1.54) is 0 Å². The maximum atomic E-state index is 12.5. The summed E-state index contributed by atoms with van der Waals surface area (Å²) in [4.78, 5) is 18.4. The molecule has 0 atom stereocenters. The van der Waals surface area contributed by atoms with E-state index in [4.69, 9.17) is 0 Å². The highest BCUT2D eigenvalue weighted by molar-refractivity contribution is 5.69. The standard InChI is InChI=1S/C9H5F3N2O4/c10-9(11,12)8(5-13(15)16)6-1-3-7(4-2-6)14(17)18/h1-5H. The van der Waals surface area contributed by atoms with Crippen LogP contribution in [0.1, 0.15) is 5.56 Å². The zero-order valence-corrected chi connectivity index (χ0v) is 8.55. The van der Waals surface area contributed by atoms with Crippen LogP contribution in [0.3, 0.4) is 0 Å². The molecule has 6 nitrogen and oxygen atoms in total. The van der Waals surface area contributed by atoms with Gasteiger partial charge in [-0.3, -0.25) is 20.2 Å². The van der Waals surface area contributed by atoms with Crippen molar-refractivity contribution >= 4 is 11.3 Å². The molecule has 0 spiro atoms. The van der Waals surface area contributed by atoms with E-state index >= 15 is 0 Å². The molecule has 1 rings (SSSR count). The predicted octanol–water partition coefficient (Wildman–Crippen LogP) is 2.77. The summed E-state index contributed by atoms with van der Waals surface area (Å²) in [7, 11) is 0. The Labute approximate surface area is 97.6 Å². The minimum Gasteiger partial charge on any atom is -0.259 e. The zero-order chi connectivity index (χ0) is 13.9. The SMILES string of the molecule is O=[N+]([O-])C=C(c1ccc([N+](=O)[O-])cc1)C(F)(F)F. The third kappa shape index (κ3) is 3.27. The number of allylic oxidation sites excluding steroid dienone is 1. The van der Waals surface area contributed by atoms with Crippen molar-refractivity contribution in [1.82, 2.24) is 0 Å². The van der Waals surface area contributed by atoms with Crippen LogP contribution in [0.15, 0.2) is 30.5 Å². The van der Waals surface area contributed by atoms with Crippen LogP contribution in [-0.2, 0) is 0 Å². The molecule has 0 aliphatic carbocycles. The molecule has 0 unspecified atom stereocenters. The molecule has 18 heavy (non-hydrogen) atoms. The van der Waals surface area contributed by atoms with Gasteiger partial charge in [-0.05, 0) is 17.7 Å². The van der Waals surface area contributed by atoms with Gasteiger partial charge in [0.1, 0.15) is 5.57 Å². The van der Waals surface area contributed by atoms with Crippen molar-refractivity contribution < 1.29 is 23.0 Å². The van der Waals surface area contributed by atoms with Gasteiger partial charge >= 0.3 is 6.18 Å². The van der Waals surface area contributed by atoms with E-state index in [1.807, 2.05) is 0 Å². The molecule has 9 heteroatoms. The lowest BCUT2D eigenvalue weighted by atomic mass is 10.1. The first kappa shape index (κ1) is 13.6. The van der Waals surface area contributed by atoms with Crippen molar-refractivity contribution in [2.24, 2.45) is 0 Å². The highest BCUT2D eigenvalue weighted by Crippen LogP contribution is 2.34. The van der Waals surface area contributed by atoms with Crippen LogP contribution in [0.4, 0.5) is 18.9 Å². The zero-order valence-electron chi connectivity index (χ0n) is 8.55. The molecule has 0 fully saturated rings. The van der Waals surface area contributed by atoms with Crippen LogP contribution < -0.4 is 0 Å². The van der Waals surface area contributed by atoms with E-state index in [1.54, 1.807) is 0 Å². The Kier molecular flexibility index (Phi) is 3.64. The number of nitrogens with zero attached hydrogens (tertiary/aromatic N) is 2. The molecular weight excluding hydrogens is 257 g/mol. The van der Waals surface area contributed by atoms with Crippen molar-refractivity contribution in [3.05, 3.63) is 56.3 Å². The summed E-state index contributed by atoms with van der Waals surface area (Å²) in [5, 5.41) is 20.4. The van der Waals surface area contributed by atoms with Crippen molar-refractivity contribution in [2.45, 2.75) is 6.18 Å². The molecule has 0 radical (unpaired) electrons. The number of hydrogen-bond acceptors (Lipinski definition) is 4. The second kappa shape index (κ2) is 4.82. The minimum absolute atomic E-state index is 0.179. The van der Waals surface area contributed by atoms with Crippen LogP contribution in [-0.4, -0.2) is 16.0 Å². The second-order valence-corrected chi connectivity index (χ2v) is 3.13. The lowest BCUT2D eigenvalue weighted by molar-refractivity contribution is -0.402. The smallest absolute Gasteiger partial charge is 0.259 e. The Morgan fingerprint density at radius 3 is 1.94 bits per heavy atom. The fraction of sp³-hybridized carbons (Fsp3) is 0.111. The summed E-state index contributed by atoms with van der Waals surface area (Å²) in [6, 6.07) is 3.30. The van der Waals surface area contributed by atoms with Crippen LogP contribution >= 0.6 is 0 Å². The Morgan fingerprint density at radius 1 is 1.11 bits per heavy atom. The molecular formula is C9H5F3N2O4. The van der Waals surface area contributed by atoms with E-state index in [0.717, 1.165) is 24.3 Å². The van der Waals surface area contributed by atoms with Crippen molar-refractivity contribution in [3.63, 3.8) is 0 Å². The number of benzene rings is 1. The largest absolute Gasteiger partial charge is 0.422 e. The molecule has 0 bridgehead atoms. The third-order valence-electron chi connectivity index (χ3n) is 1.93. The average Bonchev–Trinajstić information content (AvgIpc) is 2.24. The van der Waals surface area contributed by atoms with Gasteiger partial charge in [0.25, 0.3) is 5.69 Å². The van der Waals surface area contributed by atoms with Gasteiger partial charge in [-0.1, -0.05) is 0 Å². The first-order valence-electron chi connectivity index (χ1n) is 4.39. The van der Waals surface area contributed by atoms with Gasteiger partial charge < -0.3 is 0 Å². The highest BCUT2D eigenvalue weighted by Gasteiger charge is 2.37. The van der Waals surface area contributed by atoms with E-state index < -0.39 is 32.8 Å². The summed E-state index contributed by atoms with van der Waals surface area (Å²) in [5.74, 6) is 0. The lowest BCUT2D eigenvalue weighted by Crippen LogP contribution is -2.12. The van der Waals surface area contributed by atoms with E-state index in [9.17, 15) is 33.4 Å². The average molecular weight is 262 g/mol. The van der Waals surface area contributed by atoms with E-state index in [-0.39, 0.29) is 6.20 Å². The van der Waals surface area contributed by atoms with Crippen LogP contribution in [0.25, 0.3) is 5.57 Å². The number of nitro benzene ring substituents is 1. The van der Waals surface area contributed by atoms with Crippen molar-refractivity contribution in [1.29, 1.82) is 0 Å². The van der Waals surface area contributed by atoms with Gasteiger partial charge in [0.2, 0.25) is 6.20 Å². The summed E-state index contributed by atoms with van der Waals surface area (Å²) < 4.78 is 37.6. The predicted molar refractivity (Wildman–Crippen MR) is 54.1 cm³/mol. The number of halogens is 3. The molecule has 0 amide bonds. The minimum atomic E-state index is -4.91. The van der Waals surface area contributed by atoms with Crippen LogP contribution in [0.5, 0.6) is 0 Å². The summed E-state index contributed by atoms with van der Waals surface area (Å²) >= 11 is 0. The Morgan fingerprint density at radius 2 is 1.61 bits per heavy atom. The lowest BCUT2D eigenvalue weighted by Gasteiger charge is -2.08. The monoisotopic (exact) mass is 262 g/mol. The van der Waals surface area contributed by atoms with Crippen LogP contribution in [0, 0.1) is 20.2 Å². The van der Waals surface area contributed by atoms with Gasteiger partial charge in [-0.15, -0.1) is 0 Å². The first-order chi connectivity index (χ1) is 8.21. The first-order valence-corrected chi connectivity index (χ1v) is 4.39. The Hall–Kier alpha value is -2.45. The number of alkyl halides is 3. The Bertz CT molecular complexity index is 508. The van der Waals surface area contributed by atoms with Gasteiger partial charge in [0.15, 0.2) is 0 Å². The molecule has 96 valence electrons. The van der Waals surface area contributed by atoms with Crippen molar-refractivity contribution in [3.8, 4) is 0 Å². The number of hydrogen-bond donors (Lipinski definition) is 0. The van der Waals surface area contributed by atoms with E-state index in [0.29, 0.717) is 0 Å². The maximum Gasteiger partial charge on any atom is 0.422 e. The molecule has 0 aromatic heterocycles. The number of nitro groups is 2. The summed E-state index contributed by atoms with van der Waals surface area (Å²) in [6.07, 6.45) is -5.09. The van der Waals surface area contributed by atoms with Gasteiger partial charge in [0.05, 0.1) is 9.85 Å². The highest BCUT2D eigenvalue weighted by atomic mass is 19.4. The molecule has 1 aromatic rings. The topological polar surface area (TPSA) is 86.3 Å². The van der Waals surface area contributed by atoms with Crippen molar-refractivity contribution in [2.75, 3.05) is 0 Å². The summed E-state index contributed by atoms with van der Waals surface area (Å²) in [6.45, 7) is 0. The molecule has 0 saturated heterocycles. The maximum absolute atomic E-state index is 12.5. The quantitative estimate of drug-likeness (QED) is 0.619. The number of non-ortho nitro benzene ring substituents is 1. The summed E-state index contributed by atoms with van der Waals surface area (Å²) in [5.41, 5.74) is -2.38. The van der Waals surface area contributed by atoms with E-state index in [2.05, 4.69) is 0 Å². The second-order valence-electron chi connectivity index (χ2n) is 3.13. The molecule has 1 aromatic carbocycles. The Balaban J connectivity index is 3.23. The molecule has 0 heterocycles. The number of rotatable bonds is 3. The molecule has 0 aliphatic heterocycles. The molecule has 0 N–H and O–H groups in total. The van der Waals surface area contributed by atoms with Gasteiger partial charge in [-0.25, -0.2) is 0 Å². The molecule has 0 saturated carbocycles. The van der Waals surface area contributed by atoms with Crippen LogP contribution in [0.2, 0.25) is 0 Å². The third-order valence-corrected chi connectivity index (χ3v) is 1.93. The molecule has 0 aliphatic rings. The van der Waals surface area contributed by atoms with Gasteiger partial charge in [-0.2, -0.15) is 13.2 Å². The van der Waals surface area contributed by atoms with Gasteiger partial charge in [0, 0.05) is 12.1 Å². The normalized spacial score (nSPS) is 12.3.